The van der Waals surface area contributed by atoms with E-state index in [9.17, 15) is 9.90 Å². The van der Waals surface area contributed by atoms with E-state index in [1.807, 2.05) is 25.3 Å². The van der Waals surface area contributed by atoms with Gasteiger partial charge in [0.15, 0.2) is 0 Å². The lowest BCUT2D eigenvalue weighted by atomic mass is 9.95. The number of nitrogens with zero attached hydrogens (tertiary/aromatic N) is 1. The standard InChI is InChI=1S/C11H16BrNO2S/c1-7(2)9(5-14)11(15)13(3)10-4-8(12)6-16-10/h4,6-7,9,14H,5H2,1-3H3. The number of carbonyl (C=O) groups is 1. The predicted octanol–water partition coefficient (Wildman–Crippen LogP) is 2.74. The lowest BCUT2D eigenvalue weighted by Crippen LogP contribution is -2.36. The highest BCUT2D eigenvalue weighted by atomic mass is 79.9. The summed E-state index contributed by atoms with van der Waals surface area (Å²) >= 11 is 4.86. The molecule has 0 bridgehead atoms. The van der Waals surface area contributed by atoms with Crippen LogP contribution < -0.4 is 4.90 Å². The molecule has 16 heavy (non-hydrogen) atoms. The smallest absolute Gasteiger partial charge is 0.233 e. The second-order valence-electron chi connectivity index (χ2n) is 4.03. The number of hydrogen-bond acceptors (Lipinski definition) is 3. The minimum Gasteiger partial charge on any atom is -0.396 e. The molecule has 0 aromatic carbocycles. The van der Waals surface area contributed by atoms with Gasteiger partial charge in [-0.3, -0.25) is 4.79 Å². The number of aliphatic hydroxyl groups is 1. The number of rotatable bonds is 4. The molecular formula is C11H16BrNO2S. The molecule has 1 amide bonds. The van der Waals surface area contributed by atoms with Gasteiger partial charge in [0.1, 0.15) is 0 Å². The molecule has 0 saturated heterocycles. The van der Waals surface area contributed by atoms with Gasteiger partial charge in [0.05, 0.1) is 17.5 Å². The Kier molecular flexibility index (Phi) is 4.95. The molecule has 0 spiro atoms. The molecule has 5 heteroatoms. The van der Waals surface area contributed by atoms with Crippen molar-refractivity contribution in [2.45, 2.75) is 13.8 Å². The van der Waals surface area contributed by atoms with E-state index in [0.29, 0.717) is 0 Å². The highest BCUT2D eigenvalue weighted by Gasteiger charge is 2.25. The zero-order valence-electron chi connectivity index (χ0n) is 9.61. The van der Waals surface area contributed by atoms with E-state index in [4.69, 9.17) is 0 Å². The fourth-order valence-electron chi connectivity index (χ4n) is 1.41. The average Bonchev–Trinajstić information content (AvgIpc) is 2.64. The van der Waals surface area contributed by atoms with Crippen LogP contribution in [0.15, 0.2) is 15.9 Å². The van der Waals surface area contributed by atoms with Crippen LogP contribution in [0.25, 0.3) is 0 Å². The fourth-order valence-corrected chi connectivity index (χ4v) is 2.80. The number of thiophene rings is 1. The van der Waals surface area contributed by atoms with Gasteiger partial charge in [-0.2, -0.15) is 0 Å². The van der Waals surface area contributed by atoms with Gasteiger partial charge in [0.25, 0.3) is 0 Å². The summed E-state index contributed by atoms with van der Waals surface area (Å²) < 4.78 is 0.970. The largest absolute Gasteiger partial charge is 0.396 e. The molecule has 3 nitrogen and oxygen atoms in total. The van der Waals surface area contributed by atoms with Gasteiger partial charge in [-0.1, -0.05) is 13.8 Å². The molecule has 0 radical (unpaired) electrons. The van der Waals surface area contributed by atoms with Gasteiger partial charge in [0, 0.05) is 16.9 Å². The topological polar surface area (TPSA) is 40.5 Å². The zero-order valence-corrected chi connectivity index (χ0v) is 12.0. The maximum Gasteiger partial charge on any atom is 0.233 e. The summed E-state index contributed by atoms with van der Waals surface area (Å²) in [6.07, 6.45) is 0. The molecule has 1 aromatic rings. The summed E-state index contributed by atoms with van der Waals surface area (Å²) in [6, 6.07) is 1.90. The first kappa shape index (κ1) is 13.7. The molecule has 0 fully saturated rings. The van der Waals surface area contributed by atoms with E-state index >= 15 is 0 Å². The predicted molar refractivity (Wildman–Crippen MR) is 70.8 cm³/mol. The minimum absolute atomic E-state index is 0.0353. The van der Waals surface area contributed by atoms with Crippen LogP contribution in [-0.2, 0) is 4.79 Å². The van der Waals surface area contributed by atoms with Crippen LogP contribution in [0.4, 0.5) is 5.00 Å². The minimum atomic E-state index is -0.328. The van der Waals surface area contributed by atoms with E-state index < -0.39 is 0 Å². The Balaban J connectivity index is 2.81. The summed E-state index contributed by atoms with van der Waals surface area (Å²) in [5.41, 5.74) is 0. The number of anilines is 1. The lowest BCUT2D eigenvalue weighted by molar-refractivity contribution is -0.124. The average molecular weight is 306 g/mol. The van der Waals surface area contributed by atoms with Gasteiger partial charge in [-0.15, -0.1) is 11.3 Å². The Morgan fingerprint density at radius 1 is 1.62 bits per heavy atom. The molecule has 1 heterocycles. The Bertz CT molecular complexity index is 365. The van der Waals surface area contributed by atoms with Crippen LogP contribution in [0, 0.1) is 11.8 Å². The zero-order chi connectivity index (χ0) is 12.3. The van der Waals surface area contributed by atoms with Crippen molar-refractivity contribution in [3.63, 3.8) is 0 Å². The molecule has 1 aromatic heterocycles. The van der Waals surface area contributed by atoms with E-state index in [1.54, 1.807) is 11.9 Å². The van der Waals surface area contributed by atoms with E-state index in [0.717, 1.165) is 9.47 Å². The lowest BCUT2D eigenvalue weighted by Gasteiger charge is -2.23. The summed E-state index contributed by atoms with van der Waals surface area (Å²) in [5.74, 6) is -0.221. The first-order chi connectivity index (χ1) is 7.47. The third kappa shape index (κ3) is 3.06. The maximum absolute atomic E-state index is 12.1. The van der Waals surface area contributed by atoms with Crippen molar-refractivity contribution in [3.05, 3.63) is 15.9 Å². The van der Waals surface area contributed by atoms with Crippen molar-refractivity contribution in [2.24, 2.45) is 11.8 Å². The van der Waals surface area contributed by atoms with Crippen LogP contribution in [0.3, 0.4) is 0 Å². The quantitative estimate of drug-likeness (QED) is 0.929. The van der Waals surface area contributed by atoms with Gasteiger partial charge < -0.3 is 10.0 Å². The first-order valence-electron chi connectivity index (χ1n) is 5.09. The molecule has 1 unspecified atom stereocenters. The Morgan fingerprint density at radius 2 is 2.25 bits per heavy atom. The maximum atomic E-state index is 12.1. The molecule has 0 aliphatic carbocycles. The van der Waals surface area contributed by atoms with Crippen molar-refractivity contribution in [2.75, 3.05) is 18.6 Å². The second-order valence-corrected chi connectivity index (χ2v) is 5.84. The van der Waals surface area contributed by atoms with Crippen LogP contribution in [0.2, 0.25) is 0 Å². The first-order valence-corrected chi connectivity index (χ1v) is 6.77. The van der Waals surface area contributed by atoms with Crippen molar-refractivity contribution in [3.8, 4) is 0 Å². The summed E-state index contributed by atoms with van der Waals surface area (Å²) in [5, 5.41) is 12.0. The van der Waals surface area contributed by atoms with Crippen LogP contribution >= 0.6 is 27.3 Å². The fraction of sp³-hybridized carbons (Fsp3) is 0.545. The SMILES string of the molecule is CC(C)C(CO)C(=O)N(C)c1cc(Br)cs1. The van der Waals surface area contributed by atoms with Gasteiger partial charge in [0.2, 0.25) is 5.91 Å². The summed E-state index contributed by atoms with van der Waals surface area (Å²) in [6.45, 7) is 3.78. The van der Waals surface area contributed by atoms with Crippen molar-refractivity contribution < 1.29 is 9.90 Å². The molecule has 1 atom stereocenters. The number of carbonyl (C=O) groups excluding carboxylic acids is 1. The molecule has 0 aliphatic rings. The normalized spacial score (nSPS) is 12.9. The van der Waals surface area contributed by atoms with Crippen molar-refractivity contribution in [1.82, 2.24) is 0 Å². The highest BCUT2D eigenvalue weighted by molar-refractivity contribution is 9.10. The molecule has 0 aliphatic heterocycles. The number of halogens is 1. The van der Waals surface area contributed by atoms with Crippen LogP contribution in [-0.4, -0.2) is 24.7 Å². The number of aliphatic hydroxyl groups excluding tert-OH is 1. The number of hydrogen-bond donors (Lipinski definition) is 1. The van der Waals surface area contributed by atoms with Gasteiger partial charge in [-0.25, -0.2) is 0 Å². The molecule has 90 valence electrons. The van der Waals surface area contributed by atoms with E-state index in [2.05, 4.69) is 15.9 Å². The van der Waals surface area contributed by atoms with Crippen molar-refractivity contribution in [1.29, 1.82) is 0 Å². The van der Waals surface area contributed by atoms with Crippen LogP contribution in [0.1, 0.15) is 13.8 Å². The number of amides is 1. The second kappa shape index (κ2) is 5.80. The molecule has 0 saturated carbocycles. The molecule has 1 rings (SSSR count). The summed E-state index contributed by atoms with van der Waals surface area (Å²) in [4.78, 5) is 13.7. The van der Waals surface area contributed by atoms with Gasteiger partial charge >= 0.3 is 0 Å². The van der Waals surface area contributed by atoms with Crippen molar-refractivity contribution >= 4 is 38.2 Å². The molecule has 1 N–H and O–H groups in total. The molecular weight excluding hydrogens is 290 g/mol. The Hall–Kier alpha value is -0.390. The highest BCUT2D eigenvalue weighted by Crippen LogP contribution is 2.29. The third-order valence-corrected chi connectivity index (χ3v) is 4.30. The van der Waals surface area contributed by atoms with Crippen LogP contribution in [0.5, 0.6) is 0 Å². The van der Waals surface area contributed by atoms with E-state index in [1.165, 1.54) is 11.3 Å². The summed E-state index contributed by atoms with van der Waals surface area (Å²) in [7, 11) is 1.74. The monoisotopic (exact) mass is 305 g/mol. The Morgan fingerprint density at radius 3 is 2.62 bits per heavy atom. The van der Waals surface area contributed by atoms with Gasteiger partial charge in [-0.05, 0) is 27.9 Å². The van der Waals surface area contributed by atoms with E-state index in [-0.39, 0.29) is 24.3 Å². The third-order valence-electron chi connectivity index (χ3n) is 2.53. The Labute approximate surface area is 108 Å².